The van der Waals surface area contributed by atoms with E-state index < -0.39 is 0 Å². The Bertz CT molecular complexity index is 401. The fourth-order valence-corrected chi connectivity index (χ4v) is 2.87. The average Bonchev–Trinajstić information content (AvgIpc) is 2.79. The van der Waals surface area contributed by atoms with Crippen molar-refractivity contribution in [2.75, 3.05) is 6.61 Å². The minimum absolute atomic E-state index is 0.0273. The van der Waals surface area contributed by atoms with Crippen LogP contribution in [0.5, 0.6) is 0 Å². The predicted octanol–water partition coefficient (Wildman–Crippen LogP) is 2.58. The Hall–Kier alpha value is -0.620. The first kappa shape index (κ1) is 14.8. The fourth-order valence-electron chi connectivity index (χ4n) is 2.60. The van der Waals surface area contributed by atoms with Gasteiger partial charge in [-0.2, -0.15) is 5.10 Å². The van der Waals surface area contributed by atoms with Gasteiger partial charge in [-0.05, 0) is 39.5 Å². The highest BCUT2D eigenvalue weighted by atomic mass is 35.5. The molecule has 6 heteroatoms. The summed E-state index contributed by atoms with van der Waals surface area (Å²) in [6, 6.07) is 0.228. The van der Waals surface area contributed by atoms with Crippen LogP contribution in [-0.2, 0) is 4.74 Å². The van der Waals surface area contributed by atoms with Crippen LogP contribution in [0.25, 0.3) is 0 Å². The lowest BCUT2D eigenvalue weighted by Gasteiger charge is -2.27. The summed E-state index contributed by atoms with van der Waals surface area (Å²) >= 11 is 6.26. The Kier molecular flexibility index (Phi) is 5.21. The van der Waals surface area contributed by atoms with Crippen LogP contribution >= 0.6 is 11.6 Å². The average molecular weight is 287 g/mol. The van der Waals surface area contributed by atoms with Crippen molar-refractivity contribution >= 4 is 11.6 Å². The number of hydrogen-bond acceptors (Lipinski definition) is 4. The van der Waals surface area contributed by atoms with E-state index in [2.05, 4.69) is 24.4 Å². The fraction of sp³-hybridized carbons (Fsp3) is 0.769. The second-order valence-corrected chi connectivity index (χ2v) is 5.77. The van der Waals surface area contributed by atoms with E-state index in [1.165, 1.54) is 6.42 Å². The van der Waals surface area contributed by atoms with Crippen molar-refractivity contribution in [1.82, 2.24) is 15.2 Å². The minimum atomic E-state index is -0.0273. The van der Waals surface area contributed by atoms with Crippen LogP contribution in [0.3, 0.4) is 0 Å². The molecule has 1 aromatic heterocycles. The molecule has 0 bridgehead atoms. The van der Waals surface area contributed by atoms with Crippen molar-refractivity contribution in [3.63, 3.8) is 0 Å². The molecule has 0 saturated carbocycles. The molecule has 0 radical (unpaired) electrons. The van der Waals surface area contributed by atoms with Crippen LogP contribution in [-0.4, -0.2) is 22.5 Å². The van der Waals surface area contributed by atoms with E-state index in [1.54, 1.807) is 6.20 Å². The Morgan fingerprint density at radius 2 is 2.37 bits per heavy atom. The number of rotatable bonds is 5. The largest absolute Gasteiger partial charge is 0.378 e. The SMILES string of the molecule is CC(C)n1ncc(Cl)c1C(CC1CCCCO1)NN. The van der Waals surface area contributed by atoms with Gasteiger partial charge in [-0.15, -0.1) is 0 Å². The lowest BCUT2D eigenvalue weighted by Crippen LogP contribution is -2.34. The Morgan fingerprint density at radius 1 is 1.58 bits per heavy atom. The molecule has 1 fully saturated rings. The molecule has 1 saturated heterocycles. The van der Waals surface area contributed by atoms with Crippen molar-refractivity contribution in [3.8, 4) is 0 Å². The summed E-state index contributed by atoms with van der Waals surface area (Å²) in [5.41, 5.74) is 3.81. The molecule has 2 unspecified atom stereocenters. The van der Waals surface area contributed by atoms with E-state index in [4.69, 9.17) is 22.2 Å². The normalized spacial score (nSPS) is 21.8. The number of nitrogens with zero attached hydrogens (tertiary/aromatic N) is 2. The topological polar surface area (TPSA) is 65.1 Å². The molecule has 5 nitrogen and oxygen atoms in total. The third-order valence-electron chi connectivity index (χ3n) is 3.58. The van der Waals surface area contributed by atoms with E-state index in [-0.39, 0.29) is 18.2 Å². The number of aromatic nitrogens is 2. The van der Waals surface area contributed by atoms with Crippen molar-refractivity contribution in [2.45, 2.75) is 57.7 Å². The summed E-state index contributed by atoms with van der Waals surface area (Å²) in [5.74, 6) is 5.71. The van der Waals surface area contributed by atoms with Gasteiger partial charge in [-0.3, -0.25) is 16.0 Å². The standard InChI is InChI=1S/C13H23ClN4O/c1-9(2)18-13(11(14)8-16-18)12(17-15)7-10-5-3-4-6-19-10/h8-10,12,17H,3-7,15H2,1-2H3. The molecule has 1 aromatic rings. The first-order valence-corrected chi connectivity index (χ1v) is 7.32. The molecule has 0 spiro atoms. The van der Waals surface area contributed by atoms with Gasteiger partial charge < -0.3 is 4.74 Å². The van der Waals surface area contributed by atoms with Crippen molar-refractivity contribution < 1.29 is 4.74 Å². The number of nitrogens with one attached hydrogen (secondary N) is 1. The number of halogens is 1. The van der Waals surface area contributed by atoms with Gasteiger partial charge >= 0.3 is 0 Å². The van der Waals surface area contributed by atoms with Gasteiger partial charge in [0.25, 0.3) is 0 Å². The predicted molar refractivity (Wildman–Crippen MR) is 75.9 cm³/mol. The minimum Gasteiger partial charge on any atom is -0.378 e. The lowest BCUT2D eigenvalue weighted by atomic mass is 10.00. The Balaban J connectivity index is 2.14. The van der Waals surface area contributed by atoms with Gasteiger partial charge in [-0.1, -0.05) is 11.6 Å². The molecule has 2 atom stereocenters. The first-order valence-electron chi connectivity index (χ1n) is 6.94. The first-order chi connectivity index (χ1) is 9.13. The van der Waals surface area contributed by atoms with Gasteiger partial charge in [0, 0.05) is 12.6 Å². The molecular weight excluding hydrogens is 264 g/mol. The van der Waals surface area contributed by atoms with E-state index >= 15 is 0 Å². The highest BCUT2D eigenvalue weighted by Crippen LogP contribution is 2.30. The van der Waals surface area contributed by atoms with Gasteiger partial charge in [0.2, 0.25) is 0 Å². The van der Waals surface area contributed by atoms with Crippen LogP contribution in [0.4, 0.5) is 0 Å². The maximum Gasteiger partial charge on any atom is 0.0834 e. The molecule has 108 valence electrons. The third-order valence-corrected chi connectivity index (χ3v) is 3.87. The molecule has 2 heterocycles. The summed E-state index contributed by atoms with van der Waals surface area (Å²) in [7, 11) is 0. The van der Waals surface area contributed by atoms with Crippen molar-refractivity contribution in [3.05, 3.63) is 16.9 Å². The van der Waals surface area contributed by atoms with Crippen molar-refractivity contribution in [2.24, 2.45) is 5.84 Å². The Labute approximate surface area is 119 Å². The van der Waals surface area contributed by atoms with Gasteiger partial charge in [-0.25, -0.2) is 0 Å². The third kappa shape index (κ3) is 3.48. The summed E-state index contributed by atoms with van der Waals surface area (Å²) in [6.45, 7) is 5.01. The van der Waals surface area contributed by atoms with Crippen LogP contribution in [0.1, 0.15) is 57.3 Å². The Morgan fingerprint density at radius 3 is 2.95 bits per heavy atom. The number of hydrazine groups is 1. The number of nitrogens with two attached hydrogens (primary N) is 1. The summed E-state index contributed by atoms with van der Waals surface area (Å²) in [6.07, 6.45) is 6.23. The smallest absolute Gasteiger partial charge is 0.0834 e. The molecule has 2 rings (SSSR count). The molecule has 1 aliphatic heterocycles. The summed E-state index contributed by atoms with van der Waals surface area (Å²) < 4.78 is 7.71. The number of ether oxygens (including phenoxy) is 1. The zero-order valence-electron chi connectivity index (χ0n) is 11.6. The van der Waals surface area contributed by atoms with Crippen molar-refractivity contribution in [1.29, 1.82) is 0 Å². The highest BCUT2D eigenvalue weighted by Gasteiger charge is 2.25. The number of hydrogen-bond donors (Lipinski definition) is 2. The van der Waals surface area contributed by atoms with Crippen LogP contribution in [0.15, 0.2) is 6.20 Å². The van der Waals surface area contributed by atoms with E-state index in [0.717, 1.165) is 31.6 Å². The van der Waals surface area contributed by atoms with E-state index in [1.807, 2.05) is 4.68 Å². The maximum atomic E-state index is 6.26. The summed E-state index contributed by atoms with van der Waals surface area (Å²) in [4.78, 5) is 0. The van der Waals surface area contributed by atoms with Crippen LogP contribution in [0.2, 0.25) is 5.02 Å². The van der Waals surface area contributed by atoms with Crippen LogP contribution < -0.4 is 11.3 Å². The molecular formula is C13H23ClN4O. The summed E-state index contributed by atoms with van der Waals surface area (Å²) in [5, 5.41) is 4.99. The zero-order valence-corrected chi connectivity index (χ0v) is 12.4. The maximum absolute atomic E-state index is 6.26. The molecule has 19 heavy (non-hydrogen) atoms. The molecule has 0 amide bonds. The molecule has 0 aliphatic carbocycles. The second kappa shape index (κ2) is 6.70. The molecule has 0 aromatic carbocycles. The van der Waals surface area contributed by atoms with Gasteiger partial charge in [0.1, 0.15) is 0 Å². The van der Waals surface area contributed by atoms with E-state index in [9.17, 15) is 0 Å². The van der Waals surface area contributed by atoms with Crippen LogP contribution in [0, 0.1) is 0 Å². The zero-order chi connectivity index (χ0) is 13.8. The van der Waals surface area contributed by atoms with Gasteiger partial charge in [0.15, 0.2) is 0 Å². The molecule has 1 aliphatic rings. The highest BCUT2D eigenvalue weighted by molar-refractivity contribution is 6.31. The molecule has 3 N–H and O–H groups in total. The second-order valence-electron chi connectivity index (χ2n) is 5.36. The quantitative estimate of drug-likeness (QED) is 0.645. The van der Waals surface area contributed by atoms with E-state index in [0.29, 0.717) is 5.02 Å². The monoisotopic (exact) mass is 286 g/mol. The lowest BCUT2D eigenvalue weighted by molar-refractivity contribution is 0.00444. The van der Waals surface area contributed by atoms with Gasteiger partial charge in [0.05, 0.1) is 29.1 Å².